The molecule has 0 spiro atoms. The number of para-hydroxylation sites is 5. The van der Waals surface area contributed by atoms with E-state index in [1.54, 1.807) is 0 Å². The maximum atomic E-state index is 5.36. The van der Waals surface area contributed by atoms with Gasteiger partial charge in [-0.1, -0.05) is 255 Å². The molecular formula is C84H54N10. The second-order valence-corrected chi connectivity index (χ2v) is 23.5. The predicted octanol–water partition coefficient (Wildman–Crippen LogP) is 20.6. The highest BCUT2D eigenvalue weighted by Crippen LogP contribution is 2.45. The molecule has 0 atom stereocenters. The molecule has 5 heterocycles. The number of fused-ring (bicyclic) bond motifs is 14. The normalized spacial score (nSPS) is 12.2. The van der Waals surface area contributed by atoms with Crippen LogP contribution in [0, 0.1) is 0 Å². The van der Waals surface area contributed by atoms with Crippen LogP contribution < -0.4 is 0 Å². The summed E-state index contributed by atoms with van der Waals surface area (Å²) in [6.07, 6.45) is 0. The average Bonchev–Trinajstić information content (AvgIpc) is 1.55. The van der Waals surface area contributed by atoms with Crippen LogP contribution in [0.5, 0.6) is 0 Å². The Morgan fingerprint density at radius 3 is 1.30 bits per heavy atom. The maximum absolute atomic E-state index is 5.36. The lowest BCUT2D eigenvalue weighted by Gasteiger charge is -2.16. The van der Waals surface area contributed by atoms with Crippen LogP contribution in [0.3, 0.4) is 0 Å². The fraction of sp³-hybridized carbons (Fsp3) is 0. The second-order valence-electron chi connectivity index (χ2n) is 23.5. The van der Waals surface area contributed by atoms with Crippen LogP contribution in [-0.2, 0) is 0 Å². The van der Waals surface area contributed by atoms with Gasteiger partial charge in [-0.3, -0.25) is 9.13 Å². The molecular weight excluding hydrogens is 1150 g/mol. The fourth-order valence-electron chi connectivity index (χ4n) is 14.1. The smallest absolute Gasteiger partial charge is 0.238 e. The minimum atomic E-state index is 0.464. The highest BCUT2D eigenvalue weighted by molar-refractivity contribution is 6.27. The Hall–Kier alpha value is -12.9. The van der Waals surface area contributed by atoms with Crippen molar-refractivity contribution in [1.82, 2.24) is 33.2 Å². The summed E-state index contributed by atoms with van der Waals surface area (Å²) in [4.78, 5) is 31.0. The third kappa shape index (κ3) is 8.80. The van der Waals surface area contributed by atoms with Gasteiger partial charge in [-0.2, -0.15) is 15.0 Å². The van der Waals surface area contributed by atoms with Crippen molar-refractivity contribution in [3.63, 3.8) is 0 Å². The molecule has 10 nitrogen and oxygen atoms in total. The molecule has 18 aromatic rings. The lowest BCUT2D eigenvalue weighted by Crippen LogP contribution is -2.13. The topological polar surface area (TPSA) is 95.5 Å². The number of hydrogen-bond donors (Lipinski definition) is 0. The number of hydrogen-bond acceptors (Lipinski definition) is 4. The fourth-order valence-corrected chi connectivity index (χ4v) is 14.1. The molecule has 0 N–H and O–H groups in total. The number of amidine groups is 1. The van der Waals surface area contributed by atoms with E-state index in [9.17, 15) is 0 Å². The van der Waals surface area contributed by atoms with Crippen LogP contribution >= 0.6 is 0 Å². The third-order valence-electron chi connectivity index (χ3n) is 18.2. The van der Waals surface area contributed by atoms with E-state index in [0.29, 0.717) is 29.4 Å². The summed E-state index contributed by atoms with van der Waals surface area (Å²) in [7, 11) is 0. The van der Waals surface area contributed by atoms with Crippen molar-refractivity contribution in [2.45, 2.75) is 0 Å². The second kappa shape index (κ2) is 22.2. The van der Waals surface area contributed by atoms with Gasteiger partial charge in [-0.05, 0) is 89.6 Å². The molecule has 94 heavy (non-hydrogen) atoms. The first kappa shape index (κ1) is 54.1. The van der Waals surface area contributed by atoms with Crippen LogP contribution in [0.2, 0.25) is 0 Å². The Bertz CT molecular complexity index is 6040. The first-order valence-electron chi connectivity index (χ1n) is 31.5. The average molecular weight is 1200 g/mol. The van der Waals surface area contributed by atoms with E-state index in [0.717, 1.165) is 143 Å². The van der Waals surface area contributed by atoms with Gasteiger partial charge in [0.25, 0.3) is 0 Å². The summed E-state index contributed by atoms with van der Waals surface area (Å²) in [5, 5.41) is 8.89. The molecule has 10 heteroatoms. The van der Waals surface area contributed by atoms with E-state index < -0.39 is 0 Å². The third-order valence-corrected chi connectivity index (χ3v) is 18.2. The number of aliphatic imine (C=N–C) groups is 3. The summed E-state index contributed by atoms with van der Waals surface area (Å²) in [6.45, 7) is 4.02. The van der Waals surface area contributed by atoms with Crippen LogP contribution in [0.1, 0.15) is 5.56 Å². The van der Waals surface area contributed by atoms with Crippen LogP contribution in [0.15, 0.2) is 330 Å². The molecule has 0 unspecified atom stereocenters. The Morgan fingerprint density at radius 2 is 0.734 bits per heavy atom. The SMILES string of the molecule is C=NC(=NC(=Nc1ccccc1)n1c2ccccc2c2ccc3c4ccccc4n(-c4cccc(-c5ccccc5-c5ccc(-n6c7ccccc7c7ccc8c9ccccc9n(-c9nc(-c%10ccccc%10)nc(-c%10ccccc%10)n9)c8c76)cc5)c4)c3c21)c1ccccc1. The summed E-state index contributed by atoms with van der Waals surface area (Å²) < 4.78 is 9.30. The predicted molar refractivity (Wildman–Crippen MR) is 389 cm³/mol. The molecule has 0 aliphatic heterocycles. The van der Waals surface area contributed by atoms with Gasteiger partial charge in [-0.25, -0.2) is 15.0 Å². The van der Waals surface area contributed by atoms with Crippen LogP contribution in [-0.4, -0.2) is 51.7 Å². The molecule has 0 saturated heterocycles. The molecule has 0 saturated carbocycles. The number of rotatable bonds is 9. The highest BCUT2D eigenvalue weighted by atomic mass is 15.2. The monoisotopic (exact) mass is 1200 g/mol. The molecule has 440 valence electrons. The Labute approximate surface area is 540 Å². The van der Waals surface area contributed by atoms with Crippen molar-refractivity contribution in [1.29, 1.82) is 0 Å². The molecule has 13 aromatic carbocycles. The summed E-state index contributed by atoms with van der Waals surface area (Å²) in [5.74, 6) is 2.68. The van der Waals surface area contributed by atoms with Gasteiger partial charge in [0.2, 0.25) is 11.9 Å². The molecule has 18 rings (SSSR count). The molecule has 0 radical (unpaired) electrons. The molecule has 0 fully saturated rings. The largest absolute Gasteiger partial charge is 0.307 e. The summed E-state index contributed by atoms with van der Waals surface area (Å²) in [5.41, 5.74) is 18.1. The van der Waals surface area contributed by atoms with Gasteiger partial charge in [0.15, 0.2) is 17.5 Å². The van der Waals surface area contributed by atoms with E-state index >= 15 is 0 Å². The molecule has 0 bridgehead atoms. The Kier molecular flexibility index (Phi) is 12.8. The zero-order chi connectivity index (χ0) is 62.2. The van der Waals surface area contributed by atoms with E-state index in [2.05, 4.69) is 248 Å². The van der Waals surface area contributed by atoms with Gasteiger partial charge in [-0.15, -0.1) is 0 Å². The van der Waals surface area contributed by atoms with Crippen molar-refractivity contribution >= 4 is 111 Å². The first-order chi connectivity index (χ1) is 46.6. The van der Waals surface area contributed by atoms with E-state index in [1.807, 2.05) is 97.1 Å². The zero-order valence-electron chi connectivity index (χ0n) is 50.7. The van der Waals surface area contributed by atoms with Crippen molar-refractivity contribution in [3.05, 3.63) is 321 Å². The standard InChI is InChI=1S/C84H54N10/c1-85-80(55-25-6-2-7-26-55)88-83(86-59-32-12-5-13-33-59)93-74-43-22-18-39-66(74)71-52-50-69-65-38-17-21-42-73(65)92(77(69)79(71)93)61-34-24-31-58(53-61)63-36-15-14-35-62(63)54-45-47-60(48-46-54)91-72-41-20-16-37-64(72)68-49-51-70-67-40-19-23-44-75(67)94(78(70)76(68)91)84-89-81(56-27-8-3-9-28-56)87-82(90-84)57-29-10-4-11-30-57/h2-53H,1H2. The van der Waals surface area contributed by atoms with Crippen molar-refractivity contribution < 1.29 is 0 Å². The van der Waals surface area contributed by atoms with Crippen molar-refractivity contribution in [2.24, 2.45) is 15.0 Å². The minimum Gasteiger partial charge on any atom is -0.307 e. The van der Waals surface area contributed by atoms with E-state index in [4.69, 9.17) is 24.9 Å². The zero-order valence-corrected chi connectivity index (χ0v) is 50.7. The molecule has 5 aromatic heterocycles. The number of benzene rings is 13. The first-order valence-corrected chi connectivity index (χ1v) is 31.5. The van der Waals surface area contributed by atoms with Crippen molar-refractivity contribution in [3.8, 4) is 62.4 Å². The number of aromatic nitrogens is 7. The lowest BCUT2D eigenvalue weighted by atomic mass is 9.94. The van der Waals surface area contributed by atoms with E-state index in [1.165, 1.54) is 0 Å². The summed E-state index contributed by atoms with van der Waals surface area (Å²) in [6, 6.07) is 111. The quantitative estimate of drug-likeness (QED) is 0.106. The van der Waals surface area contributed by atoms with Crippen molar-refractivity contribution in [2.75, 3.05) is 0 Å². The van der Waals surface area contributed by atoms with Gasteiger partial charge in [0, 0.05) is 71.2 Å². The van der Waals surface area contributed by atoms with Gasteiger partial charge in [0.05, 0.1) is 49.8 Å². The Morgan fingerprint density at radius 1 is 0.309 bits per heavy atom. The van der Waals surface area contributed by atoms with Crippen LogP contribution in [0.25, 0.3) is 150 Å². The highest BCUT2D eigenvalue weighted by Gasteiger charge is 2.26. The lowest BCUT2D eigenvalue weighted by molar-refractivity contribution is 0.953. The molecule has 0 amide bonds. The van der Waals surface area contributed by atoms with E-state index in [-0.39, 0.29) is 0 Å². The summed E-state index contributed by atoms with van der Waals surface area (Å²) >= 11 is 0. The van der Waals surface area contributed by atoms with Gasteiger partial charge in [0.1, 0.15) is 0 Å². The van der Waals surface area contributed by atoms with Gasteiger partial charge >= 0.3 is 0 Å². The van der Waals surface area contributed by atoms with Gasteiger partial charge < -0.3 is 9.13 Å². The minimum absolute atomic E-state index is 0.464. The Balaban J connectivity index is 0.804. The van der Waals surface area contributed by atoms with Crippen LogP contribution in [0.4, 0.5) is 5.69 Å². The molecule has 0 aliphatic rings. The molecule has 0 aliphatic carbocycles. The maximum Gasteiger partial charge on any atom is 0.238 e. The number of nitrogens with zero attached hydrogens (tertiary/aromatic N) is 10.